The minimum Gasteiger partial charge on any atom is -0.243 e. The summed E-state index contributed by atoms with van der Waals surface area (Å²) in [7, 11) is 0. The first kappa shape index (κ1) is 19.1. The first-order valence-corrected chi connectivity index (χ1v) is 9.58. The van der Waals surface area contributed by atoms with E-state index in [4.69, 9.17) is 0 Å². The molecule has 0 saturated carbocycles. The smallest absolute Gasteiger partial charge is 0.151 e. The number of aromatic nitrogens is 4. The summed E-state index contributed by atoms with van der Waals surface area (Å²) in [4.78, 5) is 0. The zero-order valence-corrected chi connectivity index (χ0v) is 14.8. The van der Waals surface area contributed by atoms with Gasteiger partial charge in [-0.15, -0.1) is 5.10 Å². The van der Waals surface area contributed by atoms with Crippen molar-refractivity contribution in [3.63, 3.8) is 0 Å². The molecule has 4 heteroatoms. The van der Waals surface area contributed by atoms with Gasteiger partial charge in [-0.2, -0.15) is 0 Å². The Bertz CT molecular complexity index is 324. The molecule has 128 valence electrons. The predicted molar refractivity (Wildman–Crippen MR) is 92.9 cm³/mol. The van der Waals surface area contributed by atoms with Gasteiger partial charge in [0.2, 0.25) is 0 Å². The summed E-state index contributed by atoms with van der Waals surface area (Å²) >= 11 is 0. The lowest BCUT2D eigenvalue weighted by atomic mass is 10.0. The van der Waals surface area contributed by atoms with Crippen molar-refractivity contribution >= 4 is 0 Å². The van der Waals surface area contributed by atoms with Crippen molar-refractivity contribution in [2.45, 2.75) is 110 Å². The molecular weight excluding hydrogens is 272 g/mol. The van der Waals surface area contributed by atoms with Crippen molar-refractivity contribution in [2.24, 2.45) is 0 Å². The van der Waals surface area contributed by atoms with Gasteiger partial charge in [0.1, 0.15) is 0 Å². The molecule has 1 heterocycles. The largest absolute Gasteiger partial charge is 0.243 e. The van der Waals surface area contributed by atoms with Crippen LogP contribution in [0, 0.1) is 0 Å². The first-order chi connectivity index (χ1) is 10.8. The molecule has 0 aromatic carbocycles. The van der Waals surface area contributed by atoms with Gasteiger partial charge < -0.3 is 0 Å². The molecule has 0 aliphatic carbocycles. The van der Waals surface area contributed by atoms with Crippen LogP contribution in [0.25, 0.3) is 0 Å². The summed E-state index contributed by atoms with van der Waals surface area (Å²) in [6.45, 7) is 4.48. The van der Waals surface area contributed by atoms with E-state index in [9.17, 15) is 0 Å². The minimum absolute atomic E-state index is 0.461. The van der Waals surface area contributed by atoms with Gasteiger partial charge >= 0.3 is 0 Å². The van der Waals surface area contributed by atoms with E-state index in [1.807, 2.05) is 0 Å². The number of rotatable bonds is 15. The van der Waals surface area contributed by atoms with E-state index in [1.54, 1.807) is 0 Å². The highest BCUT2D eigenvalue weighted by Crippen LogP contribution is 2.18. The predicted octanol–water partition coefficient (Wildman–Crippen LogP) is 5.78. The van der Waals surface area contributed by atoms with Gasteiger partial charge in [-0.3, -0.25) is 0 Å². The van der Waals surface area contributed by atoms with Gasteiger partial charge in [-0.05, 0) is 16.8 Å². The number of aromatic amines is 1. The number of nitrogens with zero attached hydrogens (tertiary/aromatic N) is 3. The molecule has 0 spiro atoms. The lowest BCUT2D eigenvalue weighted by molar-refractivity contribution is 0.521. The number of hydrogen-bond acceptors (Lipinski definition) is 3. The monoisotopic (exact) mass is 308 g/mol. The minimum atomic E-state index is 0.461. The van der Waals surface area contributed by atoms with E-state index in [-0.39, 0.29) is 0 Å². The van der Waals surface area contributed by atoms with Crippen LogP contribution in [0.3, 0.4) is 0 Å². The molecule has 1 rings (SSSR count). The summed E-state index contributed by atoms with van der Waals surface area (Å²) in [5.41, 5.74) is 0. The second-order valence-electron chi connectivity index (χ2n) is 6.72. The maximum Gasteiger partial charge on any atom is 0.151 e. The third-order valence-electron chi connectivity index (χ3n) is 4.57. The van der Waals surface area contributed by atoms with E-state index < -0.39 is 0 Å². The average Bonchev–Trinajstić information content (AvgIpc) is 3.06. The molecule has 1 N–H and O–H groups in total. The van der Waals surface area contributed by atoms with E-state index in [2.05, 4.69) is 34.5 Å². The molecule has 1 aromatic heterocycles. The molecule has 22 heavy (non-hydrogen) atoms. The molecule has 0 saturated heterocycles. The molecule has 0 radical (unpaired) electrons. The van der Waals surface area contributed by atoms with Crippen molar-refractivity contribution in [2.75, 3.05) is 0 Å². The van der Waals surface area contributed by atoms with Gasteiger partial charge in [-0.25, -0.2) is 5.10 Å². The summed E-state index contributed by atoms with van der Waals surface area (Å²) in [6, 6.07) is 0. The Morgan fingerprint density at radius 1 is 0.773 bits per heavy atom. The van der Waals surface area contributed by atoms with E-state index in [1.165, 1.54) is 89.9 Å². The lowest BCUT2D eigenvalue weighted by Crippen LogP contribution is -1.96. The number of unbranched alkanes of at least 4 members (excludes halogenated alkanes) is 12. The van der Waals surface area contributed by atoms with Crippen molar-refractivity contribution in [1.82, 2.24) is 20.6 Å². The standard InChI is InChI=1S/C18H36N4/c1-3-4-5-6-7-8-9-10-11-12-13-14-15-16-17(2)18-19-21-22-20-18/h17H,3-16H2,1-2H3,(H,19,20,21,22). The molecule has 4 nitrogen and oxygen atoms in total. The Balaban J connectivity index is 1.76. The van der Waals surface area contributed by atoms with Crippen molar-refractivity contribution in [3.05, 3.63) is 5.82 Å². The Hall–Kier alpha value is -0.930. The van der Waals surface area contributed by atoms with Gasteiger partial charge in [0, 0.05) is 5.92 Å². The fraction of sp³-hybridized carbons (Fsp3) is 0.944. The first-order valence-electron chi connectivity index (χ1n) is 9.58. The summed E-state index contributed by atoms with van der Waals surface area (Å²) in [5, 5.41) is 14.1. The SMILES string of the molecule is CCCCCCCCCCCCCCCC(C)c1nnn[nH]1. The van der Waals surface area contributed by atoms with E-state index in [0.29, 0.717) is 5.92 Å². The molecule has 0 bridgehead atoms. The Morgan fingerprint density at radius 3 is 1.73 bits per heavy atom. The van der Waals surface area contributed by atoms with Crippen LogP contribution in [0.5, 0.6) is 0 Å². The molecule has 0 aliphatic heterocycles. The molecule has 1 atom stereocenters. The molecule has 1 unspecified atom stereocenters. The van der Waals surface area contributed by atoms with Crippen molar-refractivity contribution < 1.29 is 0 Å². The van der Waals surface area contributed by atoms with Crippen LogP contribution in [0.1, 0.15) is 115 Å². The van der Waals surface area contributed by atoms with Crippen LogP contribution >= 0.6 is 0 Å². The quantitative estimate of drug-likeness (QED) is 0.417. The van der Waals surface area contributed by atoms with E-state index >= 15 is 0 Å². The Morgan fingerprint density at radius 2 is 1.27 bits per heavy atom. The topological polar surface area (TPSA) is 54.5 Å². The summed E-state index contributed by atoms with van der Waals surface area (Å²) in [6.07, 6.45) is 19.5. The maximum absolute atomic E-state index is 3.98. The number of hydrogen-bond donors (Lipinski definition) is 1. The van der Waals surface area contributed by atoms with Gasteiger partial charge in [-0.1, -0.05) is 97.3 Å². The van der Waals surface area contributed by atoms with Crippen LogP contribution in [-0.2, 0) is 0 Å². The molecular formula is C18H36N4. The highest BCUT2D eigenvalue weighted by atomic mass is 15.5. The third-order valence-corrected chi connectivity index (χ3v) is 4.57. The summed E-state index contributed by atoms with van der Waals surface area (Å²) < 4.78 is 0. The van der Waals surface area contributed by atoms with Crippen LogP contribution in [0.15, 0.2) is 0 Å². The number of nitrogens with one attached hydrogen (secondary N) is 1. The van der Waals surface area contributed by atoms with Crippen molar-refractivity contribution in [3.8, 4) is 0 Å². The van der Waals surface area contributed by atoms with Gasteiger partial charge in [0.05, 0.1) is 0 Å². The van der Waals surface area contributed by atoms with E-state index in [0.717, 1.165) is 5.82 Å². The maximum atomic E-state index is 3.98. The molecule has 1 aromatic rings. The third kappa shape index (κ3) is 9.91. The fourth-order valence-electron chi connectivity index (χ4n) is 2.98. The highest BCUT2D eigenvalue weighted by molar-refractivity contribution is 4.86. The Kier molecular flexibility index (Phi) is 11.9. The van der Waals surface area contributed by atoms with Crippen LogP contribution in [0.2, 0.25) is 0 Å². The summed E-state index contributed by atoms with van der Waals surface area (Å²) in [5.74, 6) is 1.39. The second kappa shape index (κ2) is 13.7. The van der Waals surface area contributed by atoms with Gasteiger partial charge in [0.15, 0.2) is 5.82 Å². The normalized spacial score (nSPS) is 12.6. The molecule has 0 fully saturated rings. The zero-order valence-electron chi connectivity index (χ0n) is 14.8. The van der Waals surface area contributed by atoms with Crippen LogP contribution < -0.4 is 0 Å². The Labute approximate surface area is 136 Å². The number of tetrazole rings is 1. The van der Waals surface area contributed by atoms with Crippen LogP contribution in [-0.4, -0.2) is 20.6 Å². The zero-order chi connectivity index (χ0) is 15.9. The second-order valence-corrected chi connectivity index (χ2v) is 6.72. The molecule has 0 aliphatic rings. The number of H-pyrrole nitrogens is 1. The van der Waals surface area contributed by atoms with Crippen molar-refractivity contribution in [1.29, 1.82) is 0 Å². The van der Waals surface area contributed by atoms with Crippen LogP contribution in [0.4, 0.5) is 0 Å². The lowest BCUT2D eigenvalue weighted by Gasteiger charge is -2.07. The fourth-order valence-corrected chi connectivity index (χ4v) is 2.98. The van der Waals surface area contributed by atoms with Gasteiger partial charge in [0.25, 0.3) is 0 Å². The average molecular weight is 309 g/mol. The molecule has 0 amide bonds. The highest BCUT2D eigenvalue weighted by Gasteiger charge is 2.08.